The first-order chi connectivity index (χ1) is 25.8. The van der Waals surface area contributed by atoms with Crippen molar-refractivity contribution < 1.29 is 38.2 Å². The fourth-order valence-electron chi connectivity index (χ4n) is 11.5. The number of carbonyl (C=O) groups excluding carboxylic acids is 5. The van der Waals surface area contributed by atoms with E-state index in [0.717, 1.165) is 10.8 Å². The number of nitrogens with one attached hydrogen (secondary N) is 1. The van der Waals surface area contributed by atoms with Crippen LogP contribution in [0.25, 0.3) is 0 Å². The molecule has 8 fully saturated rings. The lowest BCUT2D eigenvalue weighted by Crippen LogP contribution is -2.78. The molecule has 2 spiro atoms. The van der Waals surface area contributed by atoms with E-state index in [1.54, 1.807) is 31.1 Å². The number of halogens is 1. The van der Waals surface area contributed by atoms with Gasteiger partial charge >= 0.3 is 5.97 Å². The number of benzene rings is 2. The highest BCUT2D eigenvalue weighted by molar-refractivity contribution is 8.78. The van der Waals surface area contributed by atoms with Crippen LogP contribution in [0.1, 0.15) is 63.1 Å². The number of aliphatic hydroxyl groups excluding tert-OH is 1. The number of amides is 4. The zero-order chi connectivity index (χ0) is 38.1. The number of ether oxygens (including phenoxy) is 1. The second-order valence-electron chi connectivity index (χ2n) is 15.5. The van der Waals surface area contributed by atoms with Crippen LogP contribution in [0.3, 0.4) is 0 Å². The maximum Gasteiger partial charge on any atom is 0.306 e. The van der Waals surface area contributed by atoms with Crippen molar-refractivity contribution in [2.45, 2.75) is 108 Å². The number of piperazine rings is 2. The Bertz CT molecular complexity index is 2150. The van der Waals surface area contributed by atoms with Gasteiger partial charge in [0.15, 0.2) is 15.8 Å². The smallest absolute Gasteiger partial charge is 0.306 e. The van der Waals surface area contributed by atoms with Gasteiger partial charge in [0.1, 0.15) is 18.1 Å². The average molecular weight is 812 g/mol. The average Bonchev–Trinajstić information content (AvgIpc) is 3.81. The first-order valence-electron chi connectivity index (χ1n) is 18.3. The minimum atomic E-state index is -1.87. The number of likely N-dealkylation sites (N-methyl/N-ethyl adjacent to an activating group) is 2. The summed E-state index contributed by atoms with van der Waals surface area (Å²) in [5.41, 5.74) is -1.44. The van der Waals surface area contributed by atoms with E-state index in [4.69, 9.17) is 4.74 Å². The normalized spacial score (nSPS) is 41.8. The third kappa shape index (κ3) is 3.28. The van der Waals surface area contributed by atoms with E-state index in [0.29, 0.717) is 35.2 Å². The van der Waals surface area contributed by atoms with Crippen LogP contribution in [-0.4, -0.2) is 112 Å². The van der Waals surface area contributed by atoms with Crippen molar-refractivity contribution in [3.05, 3.63) is 65.0 Å². The summed E-state index contributed by atoms with van der Waals surface area (Å²) >= 11 is 0. The molecule has 8 saturated heterocycles. The van der Waals surface area contributed by atoms with Crippen LogP contribution in [0.5, 0.6) is 0 Å². The maximum absolute atomic E-state index is 16.0. The van der Waals surface area contributed by atoms with Crippen LogP contribution in [0.2, 0.25) is 0 Å². The molecular formula is C37H38FN5O7S4. The summed E-state index contributed by atoms with van der Waals surface area (Å²) in [5.74, 6) is -2.82. The molecule has 284 valence electrons. The molecule has 2 aromatic rings. The molecule has 4 bridgehead atoms. The van der Waals surface area contributed by atoms with Gasteiger partial charge in [0.05, 0.1) is 16.9 Å². The minimum Gasteiger partial charge on any atom is -0.457 e. The number of nitrogens with zero attached hydrogens (tertiary/aromatic N) is 4. The molecule has 0 unspecified atom stereocenters. The number of hydrogen-bond donors (Lipinski definition) is 2. The van der Waals surface area contributed by atoms with Crippen molar-refractivity contribution in [3.8, 4) is 0 Å². The van der Waals surface area contributed by atoms with E-state index >= 15 is 18.8 Å². The topological polar surface area (TPSA) is 140 Å². The number of anilines is 1. The lowest BCUT2D eigenvalue weighted by Gasteiger charge is -2.59. The van der Waals surface area contributed by atoms with E-state index in [1.165, 1.54) is 59.2 Å². The zero-order valence-corrected chi connectivity index (χ0v) is 33.3. The van der Waals surface area contributed by atoms with Gasteiger partial charge in [0.2, 0.25) is 9.74 Å². The summed E-state index contributed by atoms with van der Waals surface area (Å²) < 4.78 is 22.7. The molecule has 12 nitrogen and oxygen atoms in total. The third-order valence-corrected chi connectivity index (χ3v) is 21.3. The second-order valence-corrected chi connectivity index (χ2v) is 20.7. The van der Waals surface area contributed by atoms with Gasteiger partial charge in [0.25, 0.3) is 23.6 Å². The van der Waals surface area contributed by atoms with Crippen LogP contribution in [-0.2, 0) is 46.0 Å². The van der Waals surface area contributed by atoms with Crippen LogP contribution < -0.4 is 5.32 Å². The Morgan fingerprint density at radius 2 is 1.48 bits per heavy atom. The van der Waals surface area contributed by atoms with Gasteiger partial charge in [-0.15, -0.1) is 0 Å². The number of para-hydroxylation sites is 1. The maximum atomic E-state index is 16.0. The Labute approximate surface area is 326 Å². The number of carbonyl (C=O) groups is 5. The van der Waals surface area contributed by atoms with Crippen LogP contribution >= 0.6 is 43.2 Å². The minimum absolute atomic E-state index is 0.00459. The van der Waals surface area contributed by atoms with E-state index in [1.807, 2.05) is 39.0 Å². The fraction of sp³-hybridized carbons (Fsp3) is 0.541. The van der Waals surface area contributed by atoms with Crippen molar-refractivity contribution in [3.63, 3.8) is 0 Å². The number of fused-ring (bicyclic) bond motifs is 11. The van der Waals surface area contributed by atoms with E-state index in [2.05, 4.69) is 5.32 Å². The highest BCUT2D eigenvalue weighted by Gasteiger charge is 2.93. The predicted molar refractivity (Wildman–Crippen MR) is 203 cm³/mol. The van der Waals surface area contributed by atoms with Gasteiger partial charge in [-0.25, -0.2) is 4.39 Å². The summed E-state index contributed by atoms with van der Waals surface area (Å²) in [5, 5.41) is 17.3. The highest BCUT2D eigenvalue weighted by Crippen LogP contribution is 2.79. The summed E-state index contributed by atoms with van der Waals surface area (Å²) in [7, 11) is 7.99. The molecular weight excluding hydrogens is 774 g/mol. The predicted octanol–water partition coefficient (Wildman–Crippen LogP) is 3.77. The van der Waals surface area contributed by atoms with Crippen LogP contribution in [0.15, 0.2) is 42.5 Å². The molecule has 10 atom stereocenters. The molecule has 12 rings (SSSR count). The molecule has 2 N–H and O–H groups in total. The van der Waals surface area contributed by atoms with Crippen molar-refractivity contribution in [2.24, 2.45) is 0 Å². The lowest BCUT2D eigenvalue weighted by atomic mass is 9.51. The Balaban J connectivity index is 1.37. The van der Waals surface area contributed by atoms with E-state index in [9.17, 15) is 14.7 Å². The van der Waals surface area contributed by atoms with Crippen LogP contribution in [0.4, 0.5) is 10.1 Å². The number of rotatable bonds is 6. The first kappa shape index (κ1) is 35.3. The Kier molecular flexibility index (Phi) is 7.08. The van der Waals surface area contributed by atoms with E-state index in [-0.39, 0.29) is 31.1 Å². The van der Waals surface area contributed by atoms with Crippen molar-refractivity contribution in [2.75, 3.05) is 19.4 Å². The Morgan fingerprint density at radius 1 is 0.852 bits per heavy atom. The summed E-state index contributed by atoms with van der Waals surface area (Å²) in [6.07, 6.45) is -3.18. The van der Waals surface area contributed by atoms with Crippen LogP contribution in [0, 0.1) is 5.82 Å². The summed E-state index contributed by atoms with van der Waals surface area (Å²) in [4.78, 5) is 74.6. The summed E-state index contributed by atoms with van der Waals surface area (Å²) in [6.45, 7) is 5.52. The first-order valence-corrected chi connectivity index (χ1v) is 22.6. The van der Waals surface area contributed by atoms with Crippen molar-refractivity contribution in [1.82, 2.24) is 19.6 Å². The molecule has 10 aliphatic rings. The number of esters is 1. The molecule has 0 saturated carbocycles. The molecule has 4 amide bonds. The lowest BCUT2D eigenvalue weighted by molar-refractivity contribution is -0.173. The molecule has 0 radical (unpaired) electrons. The van der Waals surface area contributed by atoms with Gasteiger partial charge < -0.3 is 29.9 Å². The van der Waals surface area contributed by atoms with Gasteiger partial charge in [-0.05, 0) is 82.2 Å². The molecule has 0 aromatic heterocycles. The molecule has 54 heavy (non-hydrogen) atoms. The fourth-order valence-corrected chi connectivity index (χ4v) is 19.4. The van der Waals surface area contributed by atoms with Gasteiger partial charge in [-0.3, -0.25) is 28.9 Å². The molecule has 9 aliphatic heterocycles. The zero-order valence-electron chi connectivity index (χ0n) is 30.1. The third-order valence-electron chi connectivity index (χ3n) is 13.8. The molecule has 17 heteroatoms. The van der Waals surface area contributed by atoms with Crippen molar-refractivity contribution in [1.29, 1.82) is 0 Å². The van der Waals surface area contributed by atoms with Gasteiger partial charge in [-0.2, -0.15) is 0 Å². The summed E-state index contributed by atoms with van der Waals surface area (Å²) in [6, 6.07) is 10.7. The standard InChI is InChI=1S/C37H38FN5O7S4/c1-6-11-24(44)50-26-35(20-12-9-10-13-22(20)39-27(35)43-29(47)33(8-3)41(5)31(49)37(26,43)54-52-33)34-21-17-19(38)15-14-18(21)16-23(34)42-28(46)32(7-2)40(4)30(48)36(42,25(34)45)53-51-32/h9-10,12-15,17,23,25-27,39,45H,6-8,11,16H2,1-5H3/t23-,25-,26-,27+,32-,33-,34-,35+,36-,37-/m0/s1. The SMILES string of the molecule is CCCC(=O)O[C@H]1[C@]2([C@@]34c5cc(F)ccc5C[C@@H]3N3C(=O)[C@]5(CC)SS[C@]3(C(=O)N5C)[C@H]4O)c3ccccc3N[C@@H]2N2C(=O)[C@]3(CC)SS[C@]12C(=O)N3C. The van der Waals surface area contributed by atoms with Gasteiger partial charge in [0, 0.05) is 26.2 Å². The highest BCUT2D eigenvalue weighted by atomic mass is 33.1. The Morgan fingerprint density at radius 3 is 2.15 bits per heavy atom. The molecule has 9 heterocycles. The van der Waals surface area contributed by atoms with E-state index < -0.39 is 78.3 Å². The Hall–Kier alpha value is -3.12. The quantitative estimate of drug-likeness (QED) is 0.325. The largest absolute Gasteiger partial charge is 0.457 e. The monoisotopic (exact) mass is 811 g/mol. The molecule has 2 aromatic carbocycles. The second kappa shape index (κ2) is 10.8. The molecule has 1 aliphatic carbocycles. The number of aliphatic hydroxyl groups is 1. The number of hydrogen-bond acceptors (Lipinski definition) is 12. The van der Waals surface area contributed by atoms with Crippen molar-refractivity contribution >= 4 is 78.5 Å². The van der Waals surface area contributed by atoms with Gasteiger partial charge in [-0.1, -0.05) is 66.6 Å².